The molecule has 0 N–H and O–H groups in total. The molecule has 0 aromatic heterocycles. The van der Waals surface area contributed by atoms with Crippen LogP contribution >= 0.6 is 11.6 Å². The van der Waals surface area contributed by atoms with Crippen LogP contribution < -0.4 is 0 Å². The molecule has 2 aromatic carbocycles. The van der Waals surface area contributed by atoms with Gasteiger partial charge >= 0.3 is 0 Å². The first-order valence-corrected chi connectivity index (χ1v) is 6.48. The molecule has 3 heteroatoms. The Morgan fingerprint density at radius 3 is 1.89 bits per heavy atom. The second-order valence-corrected chi connectivity index (χ2v) is 5.21. The molecule has 2 nitrogen and oxygen atoms in total. The fraction of sp³-hybridized carbons (Fsp3) is 0.188. The van der Waals surface area contributed by atoms with E-state index in [0.717, 1.165) is 6.54 Å². The molecular weight excluding hydrogens is 258 g/mol. The van der Waals surface area contributed by atoms with Gasteiger partial charge in [0.2, 0.25) is 0 Å². The number of nitrogens with zero attached hydrogens (tertiary/aromatic N) is 1. The summed E-state index contributed by atoms with van der Waals surface area (Å²) in [4.78, 5) is 14.3. The lowest BCUT2D eigenvalue weighted by atomic mass is 10.0. The summed E-state index contributed by atoms with van der Waals surface area (Å²) in [7, 11) is 4.04. The summed E-state index contributed by atoms with van der Waals surface area (Å²) in [6, 6.07) is 14.7. The zero-order chi connectivity index (χ0) is 13.8. The largest absolute Gasteiger partial charge is 0.305 e. The number of carbonyl (C=O) groups is 1. The van der Waals surface area contributed by atoms with Crippen LogP contribution in [0.1, 0.15) is 21.5 Å². The van der Waals surface area contributed by atoms with Gasteiger partial charge in [-0.2, -0.15) is 0 Å². The maximum atomic E-state index is 12.2. The standard InChI is InChI=1S/C16H16ClNO/c1-18(2)11-12-3-5-13(6-4-12)16(19)14-7-9-15(17)10-8-14/h3-10H,11H2,1-2H3. The Balaban J connectivity index is 2.17. The molecule has 0 aliphatic rings. The summed E-state index contributed by atoms with van der Waals surface area (Å²) in [6.07, 6.45) is 0. The fourth-order valence-electron chi connectivity index (χ4n) is 1.89. The van der Waals surface area contributed by atoms with Crippen LogP contribution in [0.3, 0.4) is 0 Å². The Bertz CT molecular complexity index is 558. The second-order valence-electron chi connectivity index (χ2n) is 4.77. The highest BCUT2D eigenvalue weighted by atomic mass is 35.5. The lowest BCUT2D eigenvalue weighted by Gasteiger charge is -2.09. The topological polar surface area (TPSA) is 20.3 Å². The van der Waals surface area contributed by atoms with Gasteiger partial charge in [-0.05, 0) is 43.9 Å². The molecule has 0 saturated carbocycles. The minimum absolute atomic E-state index is 0.0214. The zero-order valence-corrected chi connectivity index (χ0v) is 11.8. The van der Waals surface area contributed by atoms with Gasteiger partial charge in [0.1, 0.15) is 0 Å². The monoisotopic (exact) mass is 273 g/mol. The highest BCUT2D eigenvalue weighted by Gasteiger charge is 2.08. The second kappa shape index (κ2) is 6.00. The quantitative estimate of drug-likeness (QED) is 0.793. The van der Waals surface area contributed by atoms with E-state index in [2.05, 4.69) is 4.90 Å². The molecule has 0 spiro atoms. The lowest BCUT2D eigenvalue weighted by Crippen LogP contribution is -2.10. The van der Waals surface area contributed by atoms with Crippen LogP contribution in [0.2, 0.25) is 5.02 Å². The molecule has 98 valence electrons. The number of benzene rings is 2. The highest BCUT2D eigenvalue weighted by Crippen LogP contribution is 2.14. The van der Waals surface area contributed by atoms with Crippen LogP contribution in [-0.4, -0.2) is 24.8 Å². The van der Waals surface area contributed by atoms with Gasteiger partial charge in [-0.15, -0.1) is 0 Å². The van der Waals surface area contributed by atoms with E-state index in [4.69, 9.17) is 11.6 Å². The molecule has 2 rings (SSSR count). The van der Waals surface area contributed by atoms with Crippen LogP contribution in [0.15, 0.2) is 48.5 Å². The Kier molecular flexibility index (Phi) is 4.35. The van der Waals surface area contributed by atoms with Gasteiger partial charge in [0, 0.05) is 22.7 Å². The van der Waals surface area contributed by atoms with Gasteiger partial charge in [-0.25, -0.2) is 0 Å². The van der Waals surface area contributed by atoms with E-state index in [-0.39, 0.29) is 5.78 Å². The average molecular weight is 274 g/mol. The van der Waals surface area contributed by atoms with Crippen molar-refractivity contribution < 1.29 is 4.79 Å². The lowest BCUT2D eigenvalue weighted by molar-refractivity contribution is 0.103. The number of rotatable bonds is 4. The predicted octanol–water partition coefficient (Wildman–Crippen LogP) is 3.63. The van der Waals surface area contributed by atoms with Crippen molar-refractivity contribution in [3.8, 4) is 0 Å². The molecule has 0 radical (unpaired) electrons. The van der Waals surface area contributed by atoms with Gasteiger partial charge in [-0.3, -0.25) is 4.79 Å². The fourth-order valence-corrected chi connectivity index (χ4v) is 2.02. The highest BCUT2D eigenvalue weighted by molar-refractivity contribution is 6.30. The Morgan fingerprint density at radius 2 is 1.42 bits per heavy atom. The van der Waals surface area contributed by atoms with Crippen molar-refractivity contribution >= 4 is 17.4 Å². The summed E-state index contributed by atoms with van der Waals surface area (Å²) in [6.45, 7) is 0.870. The van der Waals surface area contributed by atoms with E-state index >= 15 is 0 Å². The molecule has 2 aromatic rings. The molecule has 0 amide bonds. The third-order valence-corrected chi connectivity index (χ3v) is 3.07. The minimum atomic E-state index is 0.0214. The summed E-state index contributed by atoms with van der Waals surface area (Å²) < 4.78 is 0. The summed E-state index contributed by atoms with van der Waals surface area (Å²) in [5.41, 5.74) is 2.55. The Morgan fingerprint density at radius 1 is 0.947 bits per heavy atom. The van der Waals surface area contributed by atoms with Crippen molar-refractivity contribution in [1.29, 1.82) is 0 Å². The number of hydrogen-bond donors (Lipinski definition) is 0. The van der Waals surface area contributed by atoms with E-state index in [9.17, 15) is 4.79 Å². The van der Waals surface area contributed by atoms with Crippen molar-refractivity contribution in [2.24, 2.45) is 0 Å². The van der Waals surface area contributed by atoms with Crippen molar-refractivity contribution in [2.75, 3.05) is 14.1 Å². The molecule has 0 heterocycles. The first-order valence-electron chi connectivity index (χ1n) is 6.10. The molecular formula is C16H16ClNO. The third kappa shape index (κ3) is 3.66. The van der Waals surface area contributed by atoms with Crippen molar-refractivity contribution in [2.45, 2.75) is 6.54 Å². The third-order valence-electron chi connectivity index (χ3n) is 2.82. The van der Waals surface area contributed by atoms with Crippen LogP contribution in [0, 0.1) is 0 Å². The molecule has 0 atom stereocenters. The number of carbonyl (C=O) groups excluding carboxylic acids is 1. The summed E-state index contributed by atoms with van der Waals surface area (Å²) >= 11 is 5.82. The van der Waals surface area contributed by atoms with Crippen LogP contribution in [-0.2, 0) is 6.54 Å². The summed E-state index contributed by atoms with van der Waals surface area (Å²) in [5.74, 6) is 0.0214. The van der Waals surface area contributed by atoms with Crippen LogP contribution in [0.5, 0.6) is 0 Å². The van der Waals surface area contributed by atoms with Gasteiger partial charge in [0.05, 0.1) is 0 Å². The van der Waals surface area contributed by atoms with Crippen molar-refractivity contribution in [3.05, 3.63) is 70.2 Å². The number of ketones is 1. The smallest absolute Gasteiger partial charge is 0.193 e. The maximum Gasteiger partial charge on any atom is 0.193 e. The van der Waals surface area contributed by atoms with E-state index in [1.807, 2.05) is 38.4 Å². The van der Waals surface area contributed by atoms with Gasteiger partial charge in [0.25, 0.3) is 0 Å². The van der Waals surface area contributed by atoms with Crippen molar-refractivity contribution in [3.63, 3.8) is 0 Å². The van der Waals surface area contributed by atoms with Crippen LogP contribution in [0.4, 0.5) is 0 Å². The Labute approximate surface area is 118 Å². The molecule has 0 aliphatic heterocycles. The maximum absolute atomic E-state index is 12.2. The molecule has 0 bridgehead atoms. The van der Waals surface area contributed by atoms with Gasteiger partial charge in [0.15, 0.2) is 5.78 Å². The molecule has 0 unspecified atom stereocenters. The average Bonchev–Trinajstić information content (AvgIpc) is 2.39. The van der Waals surface area contributed by atoms with Gasteiger partial charge < -0.3 is 4.90 Å². The zero-order valence-electron chi connectivity index (χ0n) is 11.1. The molecule has 0 saturated heterocycles. The normalized spacial score (nSPS) is 10.7. The summed E-state index contributed by atoms with van der Waals surface area (Å²) in [5, 5.41) is 0.637. The Hall–Kier alpha value is -1.64. The van der Waals surface area contributed by atoms with Crippen LogP contribution in [0.25, 0.3) is 0 Å². The number of hydrogen-bond acceptors (Lipinski definition) is 2. The van der Waals surface area contributed by atoms with E-state index in [0.29, 0.717) is 16.1 Å². The number of halogens is 1. The van der Waals surface area contributed by atoms with E-state index in [1.165, 1.54) is 5.56 Å². The molecule has 19 heavy (non-hydrogen) atoms. The molecule has 0 aliphatic carbocycles. The SMILES string of the molecule is CN(C)Cc1ccc(C(=O)c2ccc(Cl)cc2)cc1. The predicted molar refractivity (Wildman–Crippen MR) is 78.7 cm³/mol. The minimum Gasteiger partial charge on any atom is -0.305 e. The van der Waals surface area contributed by atoms with Gasteiger partial charge in [-0.1, -0.05) is 35.9 Å². The first-order chi connectivity index (χ1) is 9.06. The molecule has 0 fully saturated rings. The first kappa shape index (κ1) is 13.8. The van der Waals surface area contributed by atoms with Crippen molar-refractivity contribution in [1.82, 2.24) is 4.90 Å². The van der Waals surface area contributed by atoms with E-state index in [1.54, 1.807) is 24.3 Å². The van der Waals surface area contributed by atoms with E-state index < -0.39 is 0 Å².